The number of esters is 1. The Morgan fingerprint density at radius 1 is 1.37 bits per heavy atom. The van der Waals surface area contributed by atoms with Crippen molar-refractivity contribution in [1.82, 2.24) is 10.3 Å². The maximum atomic E-state index is 12.0. The average Bonchev–Trinajstić information content (AvgIpc) is 3.28. The van der Waals surface area contributed by atoms with Gasteiger partial charge < -0.3 is 14.5 Å². The van der Waals surface area contributed by atoms with Crippen molar-refractivity contribution in [1.29, 1.82) is 0 Å². The highest BCUT2D eigenvalue weighted by Crippen LogP contribution is 2.33. The monoisotopic (exact) mass is 402 g/mol. The lowest BCUT2D eigenvalue weighted by Crippen LogP contribution is -2.16. The first kappa shape index (κ1) is 21.3. The van der Waals surface area contributed by atoms with Crippen molar-refractivity contribution in [2.45, 2.75) is 56.5 Å². The van der Waals surface area contributed by atoms with Gasteiger partial charge in [-0.05, 0) is 38.8 Å². The lowest BCUT2D eigenvalue weighted by molar-refractivity contribution is -0.139. The normalized spacial score (nSPS) is 13.9. The van der Waals surface area contributed by atoms with Gasteiger partial charge in [-0.2, -0.15) is 13.2 Å². The van der Waals surface area contributed by atoms with Crippen LogP contribution in [0.1, 0.15) is 48.6 Å². The summed E-state index contributed by atoms with van der Waals surface area (Å²) in [6.45, 7) is 4.17. The molecule has 0 saturated heterocycles. The summed E-state index contributed by atoms with van der Waals surface area (Å²) in [6, 6.07) is 5.76. The van der Waals surface area contributed by atoms with E-state index in [0.29, 0.717) is 18.5 Å². The second kappa shape index (κ2) is 9.27. The average molecular weight is 402 g/mol. The Morgan fingerprint density at radius 2 is 2.04 bits per heavy atom. The summed E-state index contributed by atoms with van der Waals surface area (Å²) in [4.78, 5) is 15.5. The van der Waals surface area contributed by atoms with Crippen molar-refractivity contribution in [2.75, 3.05) is 0 Å². The fraction of sp³-hybridized carbons (Fsp3) is 0.444. The number of benzene rings is 1. The van der Waals surface area contributed by atoms with Crippen molar-refractivity contribution < 1.29 is 27.1 Å². The molecule has 1 aliphatic rings. The molecule has 2 aromatic rings. The molecule has 0 bridgehead atoms. The van der Waals surface area contributed by atoms with Crippen LogP contribution in [0.15, 0.2) is 39.8 Å². The van der Waals surface area contributed by atoms with Crippen LogP contribution in [0.3, 0.4) is 0 Å². The van der Waals surface area contributed by atoms with E-state index >= 15 is 0 Å². The number of rotatable bonds is 5. The Kier molecular flexibility index (Phi) is 7.32. The van der Waals surface area contributed by atoms with Crippen molar-refractivity contribution in [3.63, 3.8) is 0 Å². The standard InChI is InChI=1S/C11H16N2O3.C7H5F3S/c1-7(2)16-11(14)9-6-15-10(13-9)5-12-8-3-4-8;8-7(9,10)5-3-1-2-4-6(5)11/h6-8,12H,3-5H2,1-2H3;1-4,11H. The van der Waals surface area contributed by atoms with Crippen LogP contribution in [0, 0.1) is 0 Å². The van der Waals surface area contributed by atoms with Gasteiger partial charge in [0.1, 0.15) is 6.26 Å². The molecule has 9 heteroatoms. The van der Waals surface area contributed by atoms with Gasteiger partial charge in [0, 0.05) is 10.9 Å². The number of alkyl halides is 3. The number of hydrogen-bond acceptors (Lipinski definition) is 6. The van der Waals surface area contributed by atoms with Crippen molar-refractivity contribution in [3.8, 4) is 0 Å². The summed E-state index contributed by atoms with van der Waals surface area (Å²) in [7, 11) is 0. The van der Waals surface area contributed by atoms with E-state index in [1.165, 1.54) is 37.3 Å². The van der Waals surface area contributed by atoms with Crippen LogP contribution in [-0.4, -0.2) is 23.1 Å². The van der Waals surface area contributed by atoms with Gasteiger partial charge in [0.2, 0.25) is 5.89 Å². The molecule has 5 nitrogen and oxygen atoms in total. The number of nitrogens with one attached hydrogen (secondary N) is 1. The fourth-order valence-corrected chi connectivity index (χ4v) is 2.28. The molecule has 3 rings (SSSR count). The van der Waals surface area contributed by atoms with Gasteiger partial charge in [-0.15, -0.1) is 12.6 Å². The molecule has 1 aromatic carbocycles. The van der Waals surface area contributed by atoms with Gasteiger partial charge in [-0.3, -0.25) is 0 Å². The molecule has 1 aromatic heterocycles. The van der Waals surface area contributed by atoms with Gasteiger partial charge in [-0.1, -0.05) is 12.1 Å². The molecular formula is C18H21F3N2O3S. The highest BCUT2D eigenvalue weighted by Gasteiger charge is 2.32. The fourth-order valence-electron chi connectivity index (χ4n) is 1.99. The molecule has 0 aliphatic heterocycles. The zero-order chi connectivity index (χ0) is 20.0. The number of nitrogens with zero attached hydrogens (tertiary/aromatic N) is 1. The van der Waals surface area contributed by atoms with E-state index < -0.39 is 17.7 Å². The lowest BCUT2D eigenvalue weighted by atomic mass is 10.2. The third kappa shape index (κ3) is 7.26. The van der Waals surface area contributed by atoms with E-state index in [1.54, 1.807) is 13.8 Å². The second-order valence-corrected chi connectivity index (χ2v) is 6.73. The summed E-state index contributed by atoms with van der Waals surface area (Å²) < 4.78 is 46.2. The highest BCUT2D eigenvalue weighted by molar-refractivity contribution is 7.80. The maximum Gasteiger partial charge on any atom is 0.417 e. The molecule has 0 amide bonds. The molecule has 0 radical (unpaired) electrons. The zero-order valence-corrected chi connectivity index (χ0v) is 15.8. The lowest BCUT2D eigenvalue weighted by Gasteiger charge is -2.07. The first-order valence-electron chi connectivity index (χ1n) is 8.40. The molecular weight excluding hydrogens is 381 g/mol. The number of halogens is 3. The highest BCUT2D eigenvalue weighted by atomic mass is 32.1. The number of hydrogen-bond donors (Lipinski definition) is 2. The summed E-state index contributed by atoms with van der Waals surface area (Å²) in [6.07, 6.45) is -0.670. The molecule has 27 heavy (non-hydrogen) atoms. The zero-order valence-electron chi connectivity index (χ0n) is 14.9. The number of carbonyl (C=O) groups is 1. The molecule has 1 N–H and O–H groups in total. The van der Waals surface area contributed by atoms with Crippen LogP contribution in [0.4, 0.5) is 13.2 Å². The smallest absolute Gasteiger partial charge is 0.417 e. The van der Waals surface area contributed by atoms with Gasteiger partial charge in [0.25, 0.3) is 0 Å². The van der Waals surface area contributed by atoms with Crippen molar-refractivity contribution in [2.24, 2.45) is 0 Å². The van der Waals surface area contributed by atoms with Crippen LogP contribution in [0.2, 0.25) is 0 Å². The topological polar surface area (TPSA) is 64.4 Å². The summed E-state index contributed by atoms with van der Waals surface area (Å²) in [5, 5.41) is 3.26. The molecule has 1 aliphatic carbocycles. The van der Waals surface area contributed by atoms with Crippen LogP contribution in [0.5, 0.6) is 0 Å². The SMILES string of the molecule is CC(C)OC(=O)c1coc(CNC2CC2)n1.FC(F)(F)c1ccccc1S. The van der Waals surface area contributed by atoms with E-state index in [2.05, 4.69) is 22.9 Å². The van der Waals surface area contributed by atoms with Gasteiger partial charge >= 0.3 is 12.1 Å². The quantitative estimate of drug-likeness (QED) is 0.570. The van der Waals surface area contributed by atoms with Gasteiger partial charge in [-0.25, -0.2) is 9.78 Å². The second-order valence-electron chi connectivity index (χ2n) is 6.25. The molecule has 1 fully saturated rings. The van der Waals surface area contributed by atoms with E-state index in [0.717, 1.165) is 6.07 Å². The van der Waals surface area contributed by atoms with E-state index in [4.69, 9.17) is 9.15 Å². The maximum absolute atomic E-state index is 12.0. The predicted molar refractivity (Wildman–Crippen MR) is 95.6 cm³/mol. The molecule has 1 saturated carbocycles. The van der Waals surface area contributed by atoms with E-state index in [-0.39, 0.29) is 16.7 Å². The first-order valence-corrected chi connectivity index (χ1v) is 8.85. The summed E-state index contributed by atoms with van der Waals surface area (Å²) in [5.74, 6) is 0.0963. The largest absolute Gasteiger partial charge is 0.458 e. The van der Waals surface area contributed by atoms with Crippen LogP contribution in [-0.2, 0) is 17.5 Å². The van der Waals surface area contributed by atoms with E-state index in [9.17, 15) is 18.0 Å². The molecule has 1 heterocycles. The third-order valence-electron chi connectivity index (χ3n) is 3.43. The van der Waals surface area contributed by atoms with Crippen LogP contribution >= 0.6 is 12.6 Å². The predicted octanol–water partition coefficient (Wildman–Crippen LogP) is 4.49. The summed E-state index contributed by atoms with van der Waals surface area (Å²) in [5.41, 5.74) is -0.454. The van der Waals surface area contributed by atoms with Gasteiger partial charge in [0.05, 0.1) is 18.2 Å². The number of ether oxygens (including phenoxy) is 1. The number of thiol groups is 1. The van der Waals surface area contributed by atoms with Crippen molar-refractivity contribution >= 4 is 18.6 Å². The van der Waals surface area contributed by atoms with Crippen LogP contribution in [0.25, 0.3) is 0 Å². The Labute approximate surface area is 160 Å². The molecule has 0 atom stereocenters. The summed E-state index contributed by atoms with van der Waals surface area (Å²) >= 11 is 3.67. The number of carbonyl (C=O) groups excluding carboxylic acids is 1. The van der Waals surface area contributed by atoms with E-state index in [1.807, 2.05) is 0 Å². The Morgan fingerprint density at radius 3 is 2.56 bits per heavy atom. The molecule has 0 unspecified atom stereocenters. The number of aromatic nitrogens is 1. The minimum absolute atomic E-state index is 0.0417. The Bertz CT molecular complexity index is 758. The van der Waals surface area contributed by atoms with Crippen LogP contribution < -0.4 is 5.32 Å². The van der Waals surface area contributed by atoms with Gasteiger partial charge in [0.15, 0.2) is 5.69 Å². The molecule has 148 valence electrons. The van der Waals surface area contributed by atoms with Crippen molar-refractivity contribution in [3.05, 3.63) is 47.7 Å². The third-order valence-corrected chi connectivity index (χ3v) is 3.82. The minimum atomic E-state index is -4.29. The first-order chi connectivity index (χ1) is 12.7. The Balaban J connectivity index is 0.000000208. The Hall–Kier alpha value is -2.00. The number of oxazole rings is 1. The molecule has 0 spiro atoms. The minimum Gasteiger partial charge on any atom is -0.458 e.